The minimum atomic E-state index is -0.261. The first kappa shape index (κ1) is 18.3. The van der Waals surface area contributed by atoms with Gasteiger partial charge in [-0.05, 0) is 18.2 Å². The molecule has 0 fully saturated rings. The van der Waals surface area contributed by atoms with Crippen molar-refractivity contribution < 1.29 is 9.53 Å². The Balaban J connectivity index is 1.75. The average molecular weight is 364 g/mol. The number of nitrogens with zero attached hydrogens (tertiary/aromatic N) is 4. The summed E-state index contributed by atoms with van der Waals surface area (Å²) in [5.74, 6) is 0.384. The van der Waals surface area contributed by atoms with E-state index in [9.17, 15) is 4.79 Å². The van der Waals surface area contributed by atoms with Crippen LogP contribution in [0.2, 0.25) is 0 Å². The van der Waals surface area contributed by atoms with Gasteiger partial charge >= 0.3 is 0 Å². The molecular formula is C19H20N6O2. The highest BCUT2D eigenvalue weighted by Gasteiger charge is 2.06. The van der Waals surface area contributed by atoms with Crippen LogP contribution in [0, 0.1) is 0 Å². The number of aromatic nitrogens is 4. The quantitative estimate of drug-likeness (QED) is 0.597. The first-order chi connectivity index (χ1) is 13.2. The summed E-state index contributed by atoms with van der Waals surface area (Å²) in [5, 5.41) is 10.2. The maximum Gasteiger partial charge on any atom is 0.247 e. The fourth-order valence-corrected chi connectivity index (χ4v) is 2.42. The normalized spacial score (nSPS) is 10.4. The van der Waals surface area contributed by atoms with Crippen molar-refractivity contribution in [3.05, 3.63) is 61.7 Å². The summed E-state index contributed by atoms with van der Waals surface area (Å²) in [5.41, 5.74) is 3.08. The minimum absolute atomic E-state index is 0.261. The monoisotopic (exact) mass is 364 g/mol. The Hall–Kier alpha value is -3.52. The SMILES string of the molecule is C=CC(=O)Nc1cccc(-c2cc(Nc3cnn(CCOC)c3)ncn2)c1. The Morgan fingerprint density at radius 1 is 1.30 bits per heavy atom. The highest BCUT2D eigenvalue weighted by molar-refractivity contribution is 5.99. The first-order valence-electron chi connectivity index (χ1n) is 8.32. The van der Waals surface area contributed by atoms with Gasteiger partial charge in [-0.2, -0.15) is 5.10 Å². The Bertz CT molecular complexity index is 937. The highest BCUT2D eigenvalue weighted by Crippen LogP contribution is 2.23. The van der Waals surface area contributed by atoms with Gasteiger partial charge in [0.2, 0.25) is 5.91 Å². The van der Waals surface area contributed by atoms with E-state index in [1.54, 1.807) is 24.1 Å². The van der Waals surface area contributed by atoms with Crippen molar-refractivity contribution in [2.75, 3.05) is 24.4 Å². The molecule has 1 amide bonds. The van der Waals surface area contributed by atoms with Gasteiger partial charge in [0.05, 0.1) is 30.7 Å². The van der Waals surface area contributed by atoms with Gasteiger partial charge in [0.1, 0.15) is 12.1 Å². The largest absolute Gasteiger partial charge is 0.383 e. The van der Waals surface area contributed by atoms with Crippen LogP contribution in [0.4, 0.5) is 17.2 Å². The number of hydrogen-bond acceptors (Lipinski definition) is 6. The molecular weight excluding hydrogens is 344 g/mol. The predicted octanol–water partition coefficient (Wildman–Crippen LogP) is 2.85. The Morgan fingerprint density at radius 2 is 2.19 bits per heavy atom. The van der Waals surface area contributed by atoms with E-state index in [2.05, 4.69) is 32.3 Å². The van der Waals surface area contributed by atoms with Crippen molar-refractivity contribution in [2.24, 2.45) is 0 Å². The van der Waals surface area contributed by atoms with E-state index < -0.39 is 0 Å². The van der Waals surface area contributed by atoms with E-state index in [4.69, 9.17) is 4.74 Å². The van der Waals surface area contributed by atoms with Crippen molar-refractivity contribution >= 4 is 23.1 Å². The molecule has 0 aliphatic heterocycles. The Kier molecular flexibility index (Phi) is 5.91. The van der Waals surface area contributed by atoms with Crippen molar-refractivity contribution in [2.45, 2.75) is 6.54 Å². The fraction of sp³-hybridized carbons (Fsp3) is 0.158. The van der Waals surface area contributed by atoms with Crippen LogP contribution in [-0.2, 0) is 16.1 Å². The molecule has 0 aliphatic carbocycles. The van der Waals surface area contributed by atoms with Gasteiger partial charge in [-0.1, -0.05) is 18.7 Å². The van der Waals surface area contributed by atoms with Crippen LogP contribution in [0.3, 0.4) is 0 Å². The topological polar surface area (TPSA) is 94.0 Å². The van der Waals surface area contributed by atoms with E-state index in [0.29, 0.717) is 24.7 Å². The maximum absolute atomic E-state index is 11.5. The van der Waals surface area contributed by atoms with Crippen molar-refractivity contribution in [1.29, 1.82) is 0 Å². The zero-order valence-electron chi connectivity index (χ0n) is 14.9. The van der Waals surface area contributed by atoms with Gasteiger partial charge in [0.25, 0.3) is 0 Å². The lowest BCUT2D eigenvalue weighted by Gasteiger charge is -2.07. The van der Waals surface area contributed by atoms with Gasteiger partial charge < -0.3 is 15.4 Å². The number of carbonyl (C=O) groups is 1. The van der Waals surface area contributed by atoms with Crippen LogP contribution in [0.15, 0.2) is 61.7 Å². The van der Waals surface area contributed by atoms with E-state index in [1.165, 1.54) is 12.4 Å². The zero-order chi connectivity index (χ0) is 19.1. The Morgan fingerprint density at radius 3 is 3.00 bits per heavy atom. The standard InChI is InChI=1S/C19H20N6O2/c1-3-19(26)24-15-6-4-5-14(9-15)17-10-18(21-13-20-17)23-16-11-22-25(12-16)7-8-27-2/h3-6,9-13H,1,7-8H2,2H3,(H,24,26)(H,20,21,23). The molecule has 0 atom stereocenters. The molecule has 0 radical (unpaired) electrons. The summed E-state index contributed by atoms with van der Waals surface area (Å²) in [6.07, 6.45) is 6.32. The molecule has 0 aliphatic rings. The second-order valence-electron chi connectivity index (χ2n) is 5.67. The highest BCUT2D eigenvalue weighted by atomic mass is 16.5. The van der Waals surface area contributed by atoms with E-state index in [-0.39, 0.29) is 5.91 Å². The summed E-state index contributed by atoms with van der Waals surface area (Å²) >= 11 is 0. The molecule has 3 aromatic rings. The van der Waals surface area contributed by atoms with Crippen LogP contribution in [0.5, 0.6) is 0 Å². The molecule has 0 unspecified atom stereocenters. The molecule has 27 heavy (non-hydrogen) atoms. The Labute approximate surface area is 156 Å². The van der Waals surface area contributed by atoms with E-state index in [1.807, 2.05) is 30.5 Å². The lowest BCUT2D eigenvalue weighted by molar-refractivity contribution is -0.111. The maximum atomic E-state index is 11.5. The second-order valence-corrected chi connectivity index (χ2v) is 5.67. The zero-order valence-corrected chi connectivity index (χ0v) is 14.9. The number of ether oxygens (including phenoxy) is 1. The van der Waals surface area contributed by atoms with Gasteiger partial charge in [-0.25, -0.2) is 9.97 Å². The van der Waals surface area contributed by atoms with Crippen molar-refractivity contribution in [1.82, 2.24) is 19.7 Å². The number of anilines is 3. The van der Waals surface area contributed by atoms with Crippen LogP contribution in [0.25, 0.3) is 11.3 Å². The van der Waals surface area contributed by atoms with Gasteiger partial charge in [0.15, 0.2) is 0 Å². The second kappa shape index (κ2) is 8.72. The summed E-state index contributed by atoms with van der Waals surface area (Å²) in [4.78, 5) is 20.0. The van der Waals surface area contributed by atoms with Gasteiger partial charge in [-0.15, -0.1) is 0 Å². The van der Waals surface area contributed by atoms with Crippen LogP contribution < -0.4 is 10.6 Å². The number of carbonyl (C=O) groups excluding carboxylic acids is 1. The summed E-state index contributed by atoms with van der Waals surface area (Å²) in [6, 6.07) is 9.25. The lowest BCUT2D eigenvalue weighted by atomic mass is 10.1. The lowest BCUT2D eigenvalue weighted by Crippen LogP contribution is -2.07. The van der Waals surface area contributed by atoms with E-state index >= 15 is 0 Å². The average Bonchev–Trinajstić information content (AvgIpc) is 3.14. The molecule has 3 rings (SSSR count). The third-order valence-corrected chi connectivity index (χ3v) is 3.71. The molecule has 8 heteroatoms. The third kappa shape index (κ3) is 4.99. The summed E-state index contributed by atoms with van der Waals surface area (Å²) < 4.78 is 6.84. The van der Waals surface area contributed by atoms with Crippen LogP contribution in [-0.4, -0.2) is 39.4 Å². The smallest absolute Gasteiger partial charge is 0.247 e. The molecule has 1 aromatic carbocycles. The molecule has 138 valence electrons. The molecule has 0 spiro atoms. The summed E-state index contributed by atoms with van der Waals surface area (Å²) in [7, 11) is 1.66. The number of rotatable bonds is 8. The van der Waals surface area contributed by atoms with E-state index in [0.717, 1.165) is 16.9 Å². The predicted molar refractivity (Wildman–Crippen MR) is 104 cm³/mol. The summed E-state index contributed by atoms with van der Waals surface area (Å²) in [6.45, 7) is 4.72. The molecule has 2 aromatic heterocycles. The van der Waals surface area contributed by atoms with Crippen LogP contribution in [0.1, 0.15) is 0 Å². The molecule has 2 heterocycles. The van der Waals surface area contributed by atoms with Crippen LogP contribution >= 0.6 is 0 Å². The van der Waals surface area contributed by atoms with Crippen molar-refractivity contribution in [3.63, 3.8) is 0 Å². The number of nitrogens with one attached hydrogen (secondary N) is 2. The molecule has 0 saturated heterocycles. The molecule has 8 nitrogen and oxygen atoms in total. The molecule has 0 bridgehead atoms. The number of benzene rings is 1. The molecule has 0 saturated carbocycles. The van der Waals surface area contributed by atoms with Gasteiger partial charge in [0, 0.05) is 30.6 Å². The fourth-order valence-electron chi connectivity index (χ4n) is 2.42. The van der Waals surface area contributed by atoms with Gasteiger partial charge in [-0.3, -0.25) is 9.48 Å². The number of methoxy groups -OCH3 is 1. The molecule has 2 N–H and O–H groups in total. The first-order valence-corrected chi connectivity index (χ1v) is 8.32. The number of amides is 1. The van der Waals surface area contributed by atoms with Crippen molar-refractivity contribution in [3.8, 4) is 11.3 Å². The third-order valence-electron chi connectivity index (χ3n) is 3.71. The number of hydrogen-bond donors (Lipinski definition) is 2. The minimum Gasteiger partial charge on any atom is -0.383 e.